The predicted molar refractivity (Wildman–Crippen MR) is 72.4 cm³/mol. The summed E-state index contributed by atoms with van der Waals surface area (Å²) in [5.74, 6) is 0.268. The molecule has 1 atom stereocenters. The van der Waals surface area contributed by atoms with Crippen LogP contribution in [0.1, 0.15) is 22.7 Å². The average molecular weight is 261 g/mol. The van der Waals surface area contributed by atoms with E-state index in [1.54, 1.807) is 24.4 Å². The third kappa shape index (κ3) is 2.51. The Morgan fingerprint density at radius 2 is 2.11 bits per heavy atom. The number of nitrogen functional groups attached to an aromatic ring is 1. The minimum atomic E-state index is -0.719. The third-order valence-corrected chi connectivity index (χ3v) is 2.97. The largest absolute Gasteiger partial charge is 0.496 e. The van der Waals surface area contributed by atoms with E-state index in [0.717, 1.165) is 5.56 Å². The molecule has 1 heterocycles. The van der Waals surface area contributed by atoms with Gasteiger partial charge < -0.3 is 16.2 Å². The van der Waals surface area contributed by atoms with Crippen molar-refractivity contribution in [3.05, 3.63) is 53.0 Å². The Labute approximate surface area is 111 Å². The van der Waals surface area contributed by atoms with Crippen molar-refractivity contribution in [2.45, 2.75) is 13.0 Å². The van der Waals surface area contributed by atoms with Crippen molar-refractivity contribution in [2.24, 2.45) is 5.73 Å². The molecule has 19 heavy (non-hydrogen) atoms. The van der Waals surface area contributed by atoms with Gasteiger partial charge in [-0.15, -0.1) is 0 Å². The standard InChI is InChI=1S/C14H16FN3O/c1-8-6-9(14(17)18-7-8)13(16)12-10(15)4-3-5-11(12)19-2/h3-7,13H,16H2,1-2H3,(H2,17,18). The van der Waals surface area contributed by atoms with Crippen molar-refractivity contribution in [3.8, 4) is 5.75 Å². The molecule has 0 spiro atoms. The molecule has 4 nitrogen and oxygen atoms in total. The van der Waals surface area contributed by atoms with Crippen LogP contribution in [0.5, 0.6) is 5.75 Å². The molecule has 2 aromatic rings. The first kappa shape index (κ1) is 13.3. The van der Waals surface area contributed by atoms with E-state index in [9.17, 15) is 4.39 Å². The van der Waals surface area contributed by atoms with E-state index in [0.29, 0.717) is 17.1 Å². The van der Waals surface area contributed by atoms with Gasteiger partial charge in [-0.3, -0.25) is 0 Å². The van der Waals surface area contributed by atoms with Gasteiger partial charge in [0.05, 0.1) is 18.7 Å². The SMILES string of the molecule is COc1cccc(F)c1C(N)c1cc(C)cnc1N. The van der Waals surface area contributed by atoms with Crippen LogP contribution in [0.15, 0.2) is 30.5 Å². The number of rotatable bonds is 3. The number of aryl methyl sites for hydroxylation is 1. The van der Waals surface area contributed by atoms with E-state index < -0.39 is 11.9 Å². The van der Waals surface area contributed by atoms with Gasteiger partial charge in [0, 0.05) is 11.8 Å². The number of halogens is 1. The second-order valence-electron chi connectivity index (χ2n) is 4.32. The van der Waals surface area contributed by atoms with Gasteiger partial charge in [0.25, 0.3) is 0 Å². The summed E-state index contributed by atoms with van der Waals surface area (Å²) >= 11 is 0. The van der Waals surface area contributed by atoms with Gasteiger partial charge in [0.15, 0.2) is 0 Å². The van der Waals surface area contributed by atoms with Gasteiger partial charge in [-0.2, -0.15) is 0 Å². The number of anilines is 1. The normalized spacial score (nSPS) is 12.2. The summed E-state index contributed by atoms with van der Waals surface area (Å²) in [5.41, 5.74) is 13.7. The summed E-state index contributed by atoms with van der Waals surface area (Å²) in [7, 11) is 1.48. The number of nitrogens with zero attached hydrogens (tertiary/aromatic N) is 1. The third-order valence-electron chi connectivity index (χ3n) is 2.97. The minimum Gasteiger partial charge on any atom is -0.496 e. The number of hydrogen-bond donors (Lipinski definition) is 2. The van der Waals surface area contributed by atoms with Crippen LogP contribution in [-0.2, 0) is 0 Å². The van der Waals surface area contributed by atoms with E-state index in [2.05, 4.69) is 4.98 Å². The molecule has 2 rings (SSSR count). The highest BCUT2D eigenvalue weighted by atomic mass is 19.1. The van der Waals surface area contributed by atoms with Crippen molar-refractivity contribution >= 4 is 5.82 Å². The fourth-order valence-corrected chi connectivity index (χ4v) is 2.00. The highest BCUT2D eigenvalue weighted by Gasteiger charge is 2.21. The molecule has 0 radical (unpaired) electrons. The quantitative estimate of drug-likeness (QED) is 0.888. The van der Waals surface area contributed by atoms with Crippen LogP contribution in [0.2, 0.25) is 0 Å². The zero-order valence-electron chi connectivity index (χ0n) is 10.9. The highest BCUT2D eigenvalue weighted by molar-refractivity contribution is 5.50. The molecule has 4 N–H and O–H groups in total. The number of ether oxygens (including phenoxy) is 1. The lowest BCUT2D eigenvalue weighted by molar-refractivity contribution is 0.402. The summed E-state index contributed by atoms with van der Waals surface area (Å²) in [6.45, 7) is 1.88. The van der Waals surface area contributed by atoms with Crippen molar-refractivity contribution in [2.75, 3.05) is 12.8 Å². The van der Waals surface area contributed by atoms with Crippen LogP contribution >= 0.6 is 0 Å². The van der Waals surface area contributed by atoms with Crippen molar-refractivity contribution in [1.29, 1.82) is 0 Å². The van der Waals surface area contributed by atoms with Gasteiger partial charge >= 0.3 is 0 Å². The first-order valence-corrected chi connectivity index (χ1v) is 5.84. The highest BCUT2D eigenvalue weighted by Crippen LogP contribution is 2.32. The minimum absolute atomic E-state index is 0.282. The van der Waals surface area contributed by atoms with Gasteiger partial charge in [0.2, 0.25) is 0 Å². The maximum Gasteiger partial charge on any atom is 0.132 e. The number of hydrogen-bond acceptors (Lipinski definition) is 4. The maximum absolute atomic E-state index is 14.0. The smallest absolute Gasteiger partial charge is 0.132 e. The zero-order valence-corrected chi connectivity index (χ0v) is 10.9. The molecule has 1 aromatic heterocycles. The molecule has 0 aliphatic carbocycles. The second-order valence-corrected chi connectivity index (χ2v) is 4.32. The molecule has 100 valence electrons. The zero-order chi connectivity index (χ0) is 14.0. The van der Waals surface area contributed by atoms with E-state index in [1.807, 2.05) is 6.92 Å². The Kier molecular flexibility index (Phi) is 3.66. The Bertz CT molecular complexity index is 601. The molecule has 0 aliphatic heterocycles. The number of nitrogens with two attached hydrogens (primary N) is 2. The first-order valence-electron chi connectivity index (χ1n) is 5.84. The number of pyridine rings is 1. The Morgan fingerprint density at radius 3 is 2.79 bits per heavy atom. The van der Waals surface area contributed by atoms with Gasteiger partial charge in [-0.1, -0.05) is 6.07 Å². The van der Waals surface area contributed by atoms with Crippen LogP contribution in [-0.4, -0.2) is 12.1 Å². The molecule has 0 fully saturated rings. The molecule has 0 saturated carbocycles. The van der Waals surface area contributed by atoms with Crippen LogP contribution in [0, 0.1) is 12.7 Å². The monoisotopic (exact) mass is 261 g/mol. The molecular weight excluding hydrogens is 245 g/mol. The topological polar surface area (TPSA) is 74.2 Å². The maximum atomic E-state index is 14.0. The fourth-order valence-electron chi connectivity index (χ4n) is 2.00. The Hall–Kier alpha value is -2.14. The second kappa shape index (κ2) is 5.24. The lowest BCUT2D eigenvalue weighted by Gasteiger charge is -2.18. The van der Waals surface area contributed by atoms with E-state index in [-0.39, 0.29) is 5.56 Å². The van der Waals surface area contributed by atoms with Gasteiger partial charge in [-0.25, -0.2) is 9.37 Å². The Morgan fingerprint density at radius 1 is 1.37 bits per heavy atom. The van der Waals surface area contributed by atoms with E-state index >= 15 is 0 Å². The summed E-state index contributed by atoms with van der Waals surface area (Å²) in [6.07, 6.45) is 1.64. The van der Waals surface area contributed by atoms with Crippen LogP contribution in [0.4, 0.5) is 10.2 Å². The average Bonchev–Trinajstić information content (AvgIpc) is 2.40. The van der Waals surface area contributed by atoms with Gasteiger partial charge in [0.1, 0.15) is 17.4 Å². The van der Waals surface area contributed by atoms with Crippen LogP contribution in [0.3, 0.4) is 0 Å². The van der Waals surface area contributed by atoms with Crippen LogP contribution < -0.4 is 16.2 Å². The molecule has 1 unspecified atom stereocenters. The molecule has 0 bridgehead atoms. The van der Waals surface area contributed by atoms with Crippen LogP contribution in [0.25, 0.3) is 0 Å². The molecule has 0 amide bonds. The van der Waals surface area contributed by atoms with Crippen molar-refractivity contribution in [3.63, 3.8) is 0 Å². The molecule has 0 aliphatic rings. The lowest BCUT2D eigenvalue weighted by Crippen LogP contribution is -2.17. The van der Waals surface area contributed by atoms with E-state index in [1.165, 1.54) is 13.2 Å². The molecule has 5 heteroatoms. The summed E-state index contributed by atoms with van der Waals surface area (Å²) in [4.78, 5) is 4.04. The first-order chi connectivity index (χ1) is 9.04. The Balaban J connectivity index is 2.55. The number of aromatic nitrogens is 1. The number of benzene rings is 1. The fraction of sp³-hybridized carbons (Fsp3) is 0.214. The molecular formula is C14H16FN3O. The summed E-state index contributed by atoms with van der Waals surface area (Å²) < 4.78 is 19.1. The summed E-state index contributed by atoms with van der Waals surface area (Å²) in [5, 5.41) is 0. The predicted octanol–water partition coefficient (Wildman–Crippen LogP) is 2.17. The van der Waals surface area contributed by atoms with E-state index in [4.69, 9.17) is 16.2 Å². The van der Waals surface area contributed by atoms with Crippen molar-refractivity contribution in [1.82, 2.24) is 4.98 Å². The molecule has 1 aromatic carbocycles. The van der Waals surface area contributed by atoms with Gasteiger partial charge in [-0.05, 0) is 30.7 Å². The lowest BCUT2D eigenvalue weighted by atomic mass is 9.97. The molecule has 0 saturated heterocycles. The number of methoxy groups -OCH3 is 1. The van der Waals surface area contributed by atoms with Crippen molar-refractivity contribution < 1.29 is 9.13 Å². The summed E-state index contributed by atoms with van der Waals surface area (Å²) in [6, 6.07) is 5.67.